The van der Waals surface area contributed by atoms with Crippen LogP contribution in [0.15, 0.2) is 51.8 Å². The Morgan fingerprint density at radius 1 is 1.09 bits per heavy atom. The van der Waals surface area contributed by atoms with Crippen LogP contribution in [0.2, 0.25) is 0 Å². The fourth-order valence-electron chi connectivity index (χ4n) is 5.63. The zero-order valence-electron chi connectivity index (χ0n) is 20.5. The maximum atomic E-state index is 13.8. The van der Waals surface area contributed by atoms with Gasteiger partial charge in [-0.1, -0.05) is 22.0 Å². The minimum Gasteiger partial charge on any atom is -0.391 e. The van der Waals surface area contributed by atoms with Crippen molar-refractivity contribution in [2.24, 2.45) is 5.41 Å². The molecule has 0 radical (unpaired) electrons. The highest BCUT2D eigenvalue weighted by Crippen LogP contribution is 2.62. The summed E-state index contributed by atoms with van der Waals surface area (Å²) in [6.45, 7) is 5.41. The molecule has 1 atom stereocenters. The molecule has 1 heterocycles. The molecule has 8 heteroatoms. The number of hydrogen-bond donors (Lipinski definition) is 2. The van der Waals surface area contributed by atoms with Crippen molar-refractivity contribution in [3.63, 3.8) is 0 Å². The highest BCUT2D eigenvalue weighted by atomic mass is 79.9. The maximum Gasteiger partial charge on any atom is 0.258 e. The number of halogens is 1. The number of nitrogens with zero attached hydrogens (tertiary/aromatic N) is 1. The van der Waals surface area contributed by atoms with Crippen molar-refractivity contribution in [2.45, 2.75) is 81.2 Å². The standard InChI is InChI=1S/C27H33BrN2O4S/c1-18(31)25(2,3)29-35(33,34)21-6-4-5-19(15-21)24(32)30-17-27(13-11-26(9-10-26)12-14-27)22-16-20(28)7-8-23(22)30/h4-8,15-16,18,29,31H,9-14,17H2,1-3H3. The van der Waals surface area contributed by atoms with Gasteiger partial charge in [-0.2, -0.15) is 0 Å². The number of rotatable bonds is 5. The number of carbonyl (C=O) groups is 1. The fourth-order valence-corrected chi connectivity index (χ4v) is 7.51. The van der Waals surface area contributed by atoms with Crippen molar-refractivity contribution in [3.05, 3.63) is 58.1 Å². The molecule has 2 aliphatic carbocycles. The van der Waals surface area contributed by atoms with Gasteiger partial charge >= 0.3 is 0 Å². The van der Waals surface area contributed by atoms with Gasteiger partial charge in [0.1, 0.15) is 0 Å². The lowest BCUT2D eigenvalue weighted by Crippen LogP contribution is -2.50. The van der Waals surface area contributed by atoms with E-state index in [2.05, 4.69) is 26.7 Å². The van der Waals surface area contributed by atoms with Crippen LogP contribution < -0.4 is 9.62 Å². The zero-order chi connectivity index (χ0) is 25.2. The van der Waals surface area contributed by atoms with Gasteiger partial charge in [-0.15, -0.1) is 0 Å². The van der Waals surface area contributed by atoms with Crippen molar-refractivity contribution < 1.29 is 18.3 Å². The summed E-state index contributed by atoms with van der Waals surface area (Å²) in [7, 11) is -3.93. The molecule has 1 aliphatic heterocycles. The van der Waals surface area contributed by atoms with Crippen molar-refractivity contribution in [3.8, 4) is 0 Å². The van der Waals surface area contributed by atoms with Gasteiger partial charge in [-0.25, -0.2) is 13.1 Å². The highest BCUT2D eigenvalue weighted by Gasteiger charge is 2.53. The van der Waals surface area contributed by atoms with Crippen LogP contribution in [0.1, 0.15) is 75.2 Å². The largest absolute Gasteiger partial charge is 0.391 e. The van der Waals surface area contributed by atoms with Crippen molar-refractivity contribution in [1.29, 1.82) is 0 Å². The molecule has 0 bridgehead atoms. The summed E-state index contributed by atoms with van der Waals surface area (Å²) in [5, 5.41) is 9.96. The summed E-state index contributed by atoms with van der Waals surface area (Å²) in [5.41, 5.74) is 1.93. The Morgan fingerprint density at radius 2 is 1.74 bits per heavy atom. The molecule has 0 aromatic heterocycles. The second-order valence-electron chi connectivity index (χ2n) is 11.4. The normalized spacial score (nSPS) is 21.2. The van der Waals surface area contributed by atoms with E-state index < -0.39 is 21.7 Å². The predicted molar refractivity (Wildman–Crippen MR) is 140 cm³/mol. The van der Waals surface area contributed by atoms with Gasteiger partial charge in [-0.3, -0.25) is 4.79 Å². The lowest BCUT2D eigenvalue weighted by molar-refractivity contribution is 0.0980. The van der Waals surface area contributed by atoms with E-state index in [4.69, 9.17) is 0 Å². The third-order valence-electron chi connectivity index (χ3n) is 8.58. The summed E-state index contributed by atoms with van der Waals surface area (Å²) in [6.07, 6.45) is 6.35. The zero-order valence-corrected chi connectivity index (χ0v) is 22.9. The number of hydrogen-bond acceptors (Lipinski definition) is 4. The molecule has 2 spiro atoms. The minimum atomic E-state index is -3.93. The molecule has 35 heavy (non-hydrogen) atoms. The number of benzene rings is 2. The molecule has 2 aromatic carbocycles. The van der Waals surface area contributed by atoms with Gasteiger partial charge in [0.2, 0.25) is 10.0 Å². The van der Waals surface area contributed by atoms with Crippen LogP contribution in [0.3, 0.4) is 0 Å². The fraction of sp³-hybridized carbons (Fsp3) is 0.519. The Hall–Kier alpha value is -1.74. The lowest BCUT2D eigenvalue weighted by Gasteiger charge is -2.38. The quantitative estimate of drug-likeness (QED) is 0.530. The summed E-state index contributed by atoms with van der Waals surface area (Å²) >= 11 is 3.62. The van der Waals surface area contributed by atoms with Crippen LogP contribution in [-0.4, -0.2) is 37.6 Å². The van der Waals surface area contributed by atoms with E-state index in [-0.39, 0.29) is 16.2 Å². The first-order valence-electron chi connectivity index (χ1n) is 12.3. The number of aliphatic hydroxyl groups is 1. The first-order valence-corrected chi connectivity index (χ1v) is 14.6. The SMILES string of the molecule is CC(O)C(C)(C)NS(=O)(=O)c1cccc(C(=O)N2CC3(CCC4(CC4)CC3)c3cc(Br)ccc32)c1. The van der Waals surface area contributed by atoms with E-state index >= 15 is 0 Å². The van der Waals surface area contributed by atoms with Crippen LogP contribution in [0.25, 0.3) is 0 Å². The summed E-state index contributed by atoms with van der Waals surface area (Å²) in [5.74, 6) is -0.191. The van der Waals surface area contributed by atoms with E-state index in [0.717, 1.165) is 23.0 Å². The van der Waals surface area contributed by atoms with E-state index in [9.17, 15) is 18.3 Å². The number of carbonyl (C=O) groups excluding carboxylic acids is 1. The van der Waals surface area contributed by atoms with Crippen molar-refractivity contribution >= 4 is 37.5 Å². The van der Waals surface area contributed by atoms with Gasteiger partial charge in [-0.05, 0) is 107 Å². The van der Waals surface area contributed by atoms with Crippen LogP contribution in [-0.2, 0) is 15.4 Å². The Labute approximate surface area is 216 Å². The molecule has 5 rings (SSSR count). The molecule has 1 unspecified atom stereocenters. The van der Waals surface area contributed by atoms with Crippen LogP contribution in [0.4, 0.5) is 5.69 Å². The summed E-state index contributed by atoms with van der Waals surface area (Å²) in [6, 6.07) is 12.3. The molecular formula is C27H33BrN2O4S. The number of sulfonamides is 1. The van der Waals surface area contributed by atoms with Gasteiger partial charge in [0.25, 0.3) is 5.91 Å². The Bertz CT molecular complexity index is 1270. The average Bonchev–Trinajstić information content (AvgIpc) is 3.50. The first kappa shape index (κ1) is 24.9. The predicted octanol–water partition coefficient (Wildman–Crippen LogP) is 5.14. The van der Waals surface area contributed by atoms with Gasteiger partial charge < -0.3 is 10.0 Å². The average molecular weight is 562 g/mol. The molecular weight excluding hydrogens is 528 g/mol. The van der Waals surface area contributed by atoms with Gasteiger partial charge in [0.05, 0.1) is 16.5 Å². The smallest absolute Gasteiger partial charge is 0.258 e. The number of fused-ring (bicyclic) bond motifs is 2. The summed E-state index contributed by atoms with van der Waals surface area (Å²) < 4.78 is 29.7. The third-order valence-corrected chi connectivity index (χ3v) is 10.7. The van der Waals surface area contributed by atoms with Crippen LogP contribution in [0.5, 0.6) is 0 Å². The van der Waals surface area contributed by atoms with E-state index in [0.29, 0.717) is 17.5 Å². The lowest BCUT2D eigenvalue weighted by atomic mass is 9.66. The van der Waals surface area contributed by atoms with Crippen LogP contribution >= 0.6 is 15.9 Å². The maximum absolute atomic E-state index is 13.8. The Kier molecular flexibility index (Phi) is 5.98. The molecule has 188 valence electrons. The molecule has 2 N–H and O–H groups in total. The molecule has 1 amide bonds. The molecule has 2 saturated carbocycles. The summed E-state index contributed by atoms with van der Waals surface area (Å²) in [4.78, 5) is 15.6. The second kappa shape index (κ2) is 8.40. The molecule has 0 saturated heterocycles. The van der Waals surface area contributed by atoms with Crippen molar-refractivity contribution in [2.75, 3.05) is 11.4 Å². The molecule has 2 fully saturated rings. The Morgan fingerprint density at radius 3 is 2.37 bits per heavy atom. The number of anilines is 1. The number of aliphatic hydroxyl groups excluding tert-OH is 1. The minimum absolute atomic E-state index is 0.00959. The van der Waals surface area contributed by atoms with Gasteiger partial charge in [0, 0.05) is 27.7 Å². The van der Waals surface area contributed by atoms with E-state index in [1.54, 1.807) is 26.0 Å². The monoisotopic (exact) mass is 560 g/mol. The van der Waals surface area contributed by atoms with Crippen LogP contribution in [0, 0.1) is 5.41 Å². The number of amides is 1. The molecule has 3 aliphatic rings. The topological polar surface area (TPSA) is 86.7 Å². The van der Waals surface area contributed by atoms with Crippen molar-refractivity contribution in [1.82, 2.24) is 4.72 Å². The third kappa shape index (κ3) is 4.47. The van der Waals surface area contributed by atoms with E-state index in [1.807, 2.05) is 17.0 Å². The highest BCUT2D eigenvalue weighted by molar-refractivity contribution is 9.10. The first-order chi connectivity index (χ1) is 16.4. The Balaban J connectivity index is 1.45. The van der Waals surface area contributed by atoms with Gasteiger partial charge in [0.15, 0.2) is 0 Å². The molecule has 2 aromatic rings. The second-order valence-corrected chi connectivity index (χ2v) is 14.0. The number of nitrogens with one attached hydrogen (secondary N) is 1. The molecule has 6 nitrogen and oxygen atoms in total. The van der Waals surface area contributed by atoms with E-state index in [1.165, 1.54) is 50.3 Å².